The number of anilines is 1. The predicted molar refractivity (Wildman–Crippen MR) is 163 cm³/mol. The van der Waals surface area contributed by atoms with Crippen molar-refractivity contribution in [3.8, 4) is 11.5 Å². The van der Waals surface area contributed by atoms with E-state index in [-0.39, 0.29) is 37.1 Å². The Bertz CT molecular complexity index is 1480. The van der Waals surface area contributed by atoms with Gasteiger partial charge in [-0.3, -0.25) is 13.9 Å². The van der Waals surface area contributed by atoms with Crippen LogP contribution in [0.15, 0.2) is 72.8 Å². The number of carbonyl (C=O) groups is 2. The summed E-state index contributed by atoms with van der Waals surface area (Å²) in [7, 11) is -3.90. The SMILES string of the molecule is CCCCNC(=O)C(Cc1ccccc1)N(Cc1ccccc1Cl)C(=O)CN(c1ccc2c(c1)OCO2)S(=O)(=O)CC. The fraction of sp³-hybridized carbons (Fsp3) is 0.355. The molecule has 11 heteroatoms. The van der Waals surface area contributed by atoms with E-state index in [1.54, 1.807) is 42.5 Å². The topological polar surface area (TPSA) is 105 Å². The van der Waals surface area contributed by atoms with Crippen LogP contribution >= 0.6 is 11.6 Å². The number of halogens is 1. The average Bonchev–Trinajstić information content (AvgIpc) is 3.47. The molecular weight excluding hydrogens is 578 g/mol. The average molecular weight is 614 g/mol. The van der Waals surface area contributed by atoms with E-state index >= 15 is 0 Å². The largest absolute Gasteiger partial charge is 0.454 e. The van der Waals surface area contributed by atoms with Gasteiger partial charge >= 0.3 is 0 Å². The number of hydrogen-bond acceptors (Lipinski definition) is 6. The fourth-order valence-corrected chi connectivity index (χ4v) is 5.88. The highest BCUT2D eigenvalue weighted by Crippen LogP contribution is 2.36. The van der Waals surface area contributed by atoms with E-state index in [1.807, 2.05) is 37.3 Å². The highest BCUT2D eigenvalue weighted by molar-refractivity contribution is 7.92. The minimum absolute atomic E-state index is 0.0123. The lowest BCUT2D eigenvalue weighted by Crippen LogP contribution is -2.53. The quantitative estimate of drug-likeness (QED) is 0.262. The Hall–Kier alpha value is -3.76. The Kier molecular flexibility index (Phi) is 10.7. The Morgan fingerprint density at radius 1 is 0.976 bits per heavy atom. The second kappa shape index (κ2) is 14.4. The highest BCUT2D eigenvalue weighted by atomic mass is 35.5. The first-order valence-corrected chi connectivity index (χ1v) is 16.0. The number of ether oxygens (including phenoxy) is 2. The van der Waals surface area contributed by atoms with Crippen LogP contribution in [0.4, 0.5) is 5.69 Å². The lowest BCUT2D eigenvalue weighted by atomic mass is 10.0. The number of unbranched alkanes of at least 4 members (excludes halogenated alkanes) is 1. The predicted octanol–water partition coefficient (Wildman–Crippen LogP) is 4.78. The molecule has 2 amide bonds. The van der Waals surface area contributed by atoms with Gasteiger partial charge in [-0.25, -0.2) is 8.42 Å². The molecule has 1 aliphatic rings. The van der Waals surface area contributed by atoms with Crippen molar-refractivity contribution in [1.29, 1.82) is 0 Å². The van der Waals surface area contributed by atoms with Crippen molar-refractivity contribution in [3.63, 3.8) is 0 Å². The summed E-state index contributed by atoms with van der Waals surface area (Å²) in [5.74, 6) is -0.214. The van der Waals surface area contributed by atoms with Gasteiger partial charge in [0.15, 0.2) is 11.5 Å². The molecular formula is C31H36ClN3O6S. The van der Waals surface area contributed by atoms with E-state index in [4.69, 9.17) is 21.1 Å². The molecule has 0 radical (unpaired) electrons. The van der Waals surface area contributed by atoms with Crippen LogP contribution in [0.25, 0.3) is 0 Å². The van der Waals surface area contributed by atoms with Crippen LogP contribution in [0.5, 0.6) is 11.5 Å². The van der Waals surface area contributed by atoms with Gasteiger partial charge in [-0.2, -0.15) is 0 Å². The summed E-state index contributed by atoms with van der Waals surface area (Å²) in [6, 6.07) is 20.3. The van der Waals surface area contributed by atoms with E-state index in [2.05, 4.69) is 5.32 Å². The summed E-state index contributed by atoms with van der Waals surface area (Å²) < 4.78 is 38.5. The molecule has 0 bridgehead atoms. The van der Waals surface area contributed by atoms with E-state index in [1.165, 1.54) is 11.8 Å². The summed E-state index contributed by atoms with van der Waals surface area (Å²) >= 11 is 6.50. The molecule has 0 saturated carbocycles. The number of carbonyl (C=O) groups excluding carboxylic acids is 2. The number of nitrogens with zero attached hydrogens (tertiary/aromatic N) is 2. The van der Waals surface area contributed by atoms with E-state index in [0.717, 1.165) is 22.7 Å². The Balaban J connectivity index is 1.74. The van der Waals surface area contributed by atoms with Crippen molar-refractivity contribution >= 4 is 39.1 Å². The zero-order valence-corrected chi connectivity index (χ0v) is 25.4. The van der Waals surface area contributed by atoms with Crippen molar-refractivity contribution in [2.24, 2.45) is 0 Å². The van der Waals surface area contributed by atoms with Crippen LogP contribution in [0.2, 0.25) is 5.02 Å². The third-order valence-corrected chi connectivity index (χ3v) is 9.13. The second-order valence-electron chi connectivity index (χ2n) is 9.91. The maximum Gasteiger partial charge on any atom is 0.244 e. The molecule has 3 aromatic carbocycles. The molecule has 0 saturated heterocycles. The van der Waals surface area contributed by atoms with E-state index in [9.17, 15) is 18.0 Å². The smallest absolute Gasteiger partial charge is 0.244 e. The van der Waals surface area contributed by atoms with Gasteiger partial charge in [0.1, 0.15) is 12.6 Å². The van der Waals surface area contributed by atoms with Crippen molar-refractivity contribution in [2.75, 3.05) is 29.9 Å². The summed E-state index contributed by atoms with van der Waals surface area (Å²) in [4.78, 5) is 29.4. The number of hydrogen-bond donors (Lipinski definition) is 1. The summed E-state index contributed by atoms with van der Waals surface area (Å²) in [6.45, 7) is 3.52. The van der Waals surface area contributed by atoms with Crippen molar-refractivity contribution in [3.05, 3.63) is 88.9 Å². The third-order valence-electron chi connectivity index (χ3n) is 7.02. The van der Waals surface area contributed by atoms with Gasteiger partial charge in [0.05, 0.1) is 11.4 Å². The van der Waals surface area contributed by atoms with Crippen LogP contribution in [-0.2, 0) is 32.6 Å². The molecule has 1 unspecified atom stereocenters. The molecule has 1 N–H and O–H groups in total. The number of amides is 2. The first-order valence-electron chi connectivity index (χ1n) is 14.0. The third kappa shape index (κ3) is 7.74. The van der Waals surface area contributed by atoms with Gasteiger partial charge in [-0.1, -0.05) is 73.5 Å². The standard InChI is InChI=1S/C31H36ClN3O6S/c1-3-5-17-33-31(37)27(18-23-11-7-6-8-12-23)34(20-24-13-9-10-14-26(24)32)30(36)21-35(42(38,39)4-2)25-15-16-28-29(19-25)41-22-40-28/h6-16,19,27H,3-5,17-18,20-22H2,1-2H3,(H,33,37). The van der Waals surface area contributed by atoms with Crippen molar-refractivity contribution < 1.29 is 27.5 Å². The van der Waals surface area contributed by atoms with Crippen LogP contribution < -0.4 is 19.1 Å². The molecule has 224 valence electrons. The lowest BCUT2D eigenvalue weighted by molar-refractivity contribution is -0.140. The molecule has 1 heterocycles. The highest BCUT2D eigenvalue weighted by Gasteiger charge is 2.34. The minimum Gasteiger partial charge on any atom is -0.454 e. The number of rotatable bonds is 14. The molecule has 42 heavy (non-hydrogen) atoms. The molecule has 0 aliphatic carbocycles. The van der Waals surface area contributed by atoms with Gasteiger partial charge in [0.2, 0.25) is 28.6 Å². The molecule has 1 aliphatic heterocycles. The van der Waals surface area contributed by atoms with Gasteiger partial charge < -0.3 is 19.7 Å². The summed E-state index contributed by atoms with van der Waals surface area (Å²) in [5, 5.41) is 3.41. The number of sulfonamides is 1. The number of benzene rings is 3. The molecule has 4 rings (SSSR count). The number of fused-ring (bicyclic) bond motifs is 1. The number of nitrogens with one attached hydrogen (secondary N) is 1. The molecule has 0 spiro atoms. The van der Waals surface area contributed by atoms with Gasteiger partial charge in [0, 0.05) is 30.6 Å². The Morgan fingerprint density at radius 3 is 2.40 bits per heavy atom. The summed E-state index contributed by atoms with van der Waals surface area (Å²) in [5.41, 5.74) is 1.76. The first-order chi connectivity index (χ1) is 20.2. The second-order valence-corrected chi connectivity index (χ2v) is 12.5. The minimum atomic E-state index is -3.90. The zero-order chi connectivity index (χ0) is 30.1. The maximum absolute atomic E-state index is 14.2. The lowest BCUT2D eigenvalue weighted by Gasteiger charge is -2.34. The van der Waals surface area contributed by atoms with Gasteiger partial charge in [0.25, 0.3) is 0 Å². The molecule has 3 aromatic rings. The monoisotopic (exact) mass is 613 g/mol. The first kappa shape index (κ1) is 31.2. The van der Waals surface area contributed by atoms with E-state index in [0.29, 0.717) is 28.6 Å². The Labute approximate surface area is 252 Å². The molecule has 0 fully saturated rings. The summed E-state index contributed by atoms with van der Waals surface area (Å²) in [6.07, 6.45) is 1.92. The fourth-order valence-electron chi connectivity index (χ4n) is 4.63. The van der Waals surface area contributed by atoms with E-state index < -0.39 is 28.5 Å². The maximum atomic E-state index is 14.2. The molecule has 1 atom stereocenters. The van der Waals surface area contributed by atoms with Gasteiger partial charge in [-0.15, -0.1) is 0 Å². The Morgan fingerprint density at radius 2 is 1.69 bits per heavy atom. The van der Waals surface area contributed by atoms with Crippen LogP contribution in [-0.4, -0.2) is 56.8 Å². The molecule has 9 nitrogen and oxygen atoms in total. The van der Waals surface area contributed by atoms with Crippen LogP contribution in [0.3, 0.4) is 0 Å². The van der Waals surface area contributed by atoms with Crippen LogP contribution in [0.1, 0.15) is 37.8 Å². The normalized spacial score (nSPS) is 12.9. The van der Waals surface area contributed by atoms with Gasteiger partial charge in [-0.05, 0) is 42.7 Å². The van der Waals surface area contributed by atoms with Crippen molar-refractivity contribution in [1.82, 2.24) is 10.2 Å². The van der Waals surface area contributed by atoms with Crippen LogP contribution in [0, 0.1) is 0 Å². The van der Waals surface area contributed by atoms with Crippen molar-refractivity contribution in [2.45, 2.75) is 45.7 Å². The molecule has 0 aromatic heterocycles. The zero-order valence-electron chi connectivity index (χ0n) is 23.8.